The Bertz CT molecular complexity index is 535. The SMILES string of the molecule is COC(=O)C(C(C)C)C1(O)CC(C)(C)Oc2ccccc21. The molecule has 0 radical (unpaired) electrons. The maximum atomic E-state index is 12.3. The van der Waals surface area contributed by atoms with Crippen LogP contribution in [0.2, 0.25) is 0 Å². The van der Waals surface area contributed by atoms with Crippen molar-refractivity contribution in [1.29, 1.82) is 0 Å². The van der Waals surface area contributed by atoms with E-state index >= 15 is 0 Å². The van der Waals surface area contributed by atoms with Crippen LogP contribution in [0.3, 0.4) is 0 Å². The first-order chi connectivity index (χ1) is 9.71. The van der Waals surface area contributed by atoms with Gasteiger partial charge in [0.1, 0.15) is 17.0 Å². The molecule has 1 aliphatic heterocycles. The summed E-state index contributed by atoms with van der Waals surface area (Å²) < 4.78 is 10.9. The van der Waals surface area contributed by atoms with Crippen molar-refractivity contribution in [3.8, 4) is 5.75 Å². The van der Waals surface area contributed by atoms with Crippen molar-refractivity contribution in [1.82, 2.24) is 0 Å². The van der Waals surface area contributed by atoms with Crippen molar-refractivity contribution in [3.05, 3.63) is 29.8 Å². The molecule has 2 unspecified atom stereocenters. The quantitative estimate of drug-likeness (QED) is 0.870. The van der Waals surface area contributed by atoms with Crippen LogP contribution >= 0.6 is 0 Å². The Morgan fingerprint density at radius 2 is 1.95 bits per heavy atom. The van der Waals surface area contributed by atoms with Crippen molar-refractivity contribution in [2.45, 2.75) is 45.3 Å². The molecule has 0 spiro atoms. The summed E-state index contributed by atoms with van der Waals surface area (Å²) in [4.78, 5) is 12.3. The van der Waals surface area contributed by atoms with Crippen LogP contribution in [-0.2, 0) is 15.1 Å². The topological polar surface area (TPSA) is 55.8 Å². The summed E-state index contributed by atoms with van der Waals surface area (Å²) in [6, 6.07) is 7.36. The fraction of sp³-hybridized carbons (Fsp3) is 0.588. The highest BCUT2D eigenvalue weighted by Gasteiger charge is 2.52. The van der Waals surface area contributed by atoms with Crippen LogP contribution in [0, 0.1) is 11.8 Å². The Morgan fingerprint density at radius 3 is 2.52 bits per heavy atom. The number of hydrogen-bond donors (Lipinski definition) is 1. The molecule has 4 nitrogen and oxygen atoms in total. The minimum absolute atomic E-state index is 0.0515. The van der Waals surface area contributed by atoms with E-state index in [2.05, 4.69) is 0 Å². The van der Waals surface area contributed by atoms with Gasteiger partial charge >= 0.3 is 5.97 Å². The van der Waals surface area contributed by atoms with E-state index in [1.165, 1.54) is 7.11 Å². The highest BCUT2D eigenvalue weighted by atomic mass is 16.5. The fourth-order valence-electron chi connectivity index (χ4n) is 3.41. The first-order valence-corrected chi connectivity index (χ1v) is 7.30. The number of carbonyl (C=O) groups excluding carboxylic acids is 1. The second kappa shape index (κ2) is 5.34. The summed E-state index contributed by atoms with van der Waals surface area (Å²) in [5.41, 5.74) is -1.18. The lowest BCUT2D eigenvalue weighted by Gasteiger charge is -2.46. The highest BCUT2D eigenvalue weighted by molar-refractivity contribution is 5.75. The van der Waals surface area contributed by atoms with Gasteiger partial charge in [-0.25, -0.2) is 0 Å². The van der Waals surface area contributed by atoms with Gasteiger partial charge in [-0.3, -0.25) is 4.79 Å². The van der Waals surface area contributed by atoms with E-state index < -0.39 is 17.1 Å². The van der Waals surface area contributed by atoms with E-state index in [-0.39, 0.29) is 11.9 Å². The van der Waals surface area contributed by atoms with Crippen LogP contribution in [0.1, 0.15) is 39.7 Å². The molecule has 2 atom stereocenters. The standard InChI is InChI=1S/C17H24O4/c1-11(2)14(15(18)20-5)17(19)10-16(3,4)21-13-9-7-6-8-12(13)17/h6-9,11,14,19H,10H2,1-5H3. The molecule has 116 valence electrons. The Labute approximate surface area is 126 Å². The molecule has 0 fully saturated rings. The molecular formula is C17H24O4. The number of esters is 1. The highest BCUT2D eigenvalue weighted by Crippen LogP contribution is 2.49. The molecule has 1 heterocycles. The lowest BCUT2D eigenvalue weighted by molar-refractivity contribution is -0.169. The molecule has 0 saturated carbocycles. The number of benzene rings is 1. The average molecular weight is 292 g/mol. The van der Waals surface area contributed by atoms with Crippen LogP contribution < -0.4 is 4.74 Å². The molecule has 0 saturated heterocycles. The Hall–Kier alpha value is -1.55. The zero-order valence-electron chi connectivity index (χ0n) is 13.3. The third kappa shape index (κ3) is 2.77. The molecule has 2 rings (SSSR count). The van der Waals surface area contributed by atoms with Gasteiger partial charge in [0, 0.05) is 12.0 Å². The summed E-state index contributed by atoms with van der Waals surface area (Å²) in [5, 5.41) is 11.4. The Kier molecular flexibility index (Phi) is 4.02. The van der Waals surface area contributed by atoms with Crippen molar-refractivity contribution < 1.29 is 19.4 Å². The summed E-state index contributed by atoms with van der Waals surface area (Å²) in [6.07, 6.45) is 0.342. The number of para-hydroxylation sites is 1. The van der Waals surface area contributed by atoms with Crippen LogP contribution in [-0.4, -0.2) is 23.8 Å². The van der Waals surface area contributed by atoms with Crippen LogP contribution in [0.25, 0.3) is 0 Å². The molecule has 1 N–H and O–H groups in total. The first kappa shape index (κ1) is 15.8. The van der Waals surface area contributed by atoms with Gasteiger partial charge in [-0.2, -0.15) is 0 Å². The number of hydrogen-bond acceptors (Lipinski definition) is 4. The van der Waals surface area contributed by atoms with Crippen molar-refractivity contribution in [2.24, 2.45) is 11.8 Å². The van der Waals surface area contributed by atoms with Crippen molar-refractivity contribution in [3.63, 3.8) is 0 Å². The summed E-state index contributed by atoms with van der Waals surface area (Å²) in [6.45, 7) is 7.68. The van der Waals surface area contributed by atoms with E-state index in [0.717, 1.165) is 0 Å². The van der Waals surface area contributed by atoms with Gasteiger partial charge in [0.05, 0.1) is 13.0 Å². The predicted octanol–water partition coefficient (Wildman–Crippen LogP) is 2.88. The fourth-order valence-corrected chi connectivity index (χ4v) is 3.41. The van der Waals surface area contributed by atoms with E-state index in [1.807, 2.05) is 52.0 Å². The second-order valence-electron chi connectivity index (χ2n) is 6.70. The number of ether oxygens (including phenoxy) is 2. The van der Waals surface area contributed by atoms with Gasteiger partial charge in [0.2, 0.25) is 0 Å². The summed E-state index contributed by atoms with van der Waals surface area (Å²) in [5.74, 6) is -0.443. The van der Waals surface area contributed by atoms with Gasteiger partial charge in [0.25, 0.3) is 0 Å². The Morgan fingerprint density at radius 1 is 1.33 bits per heavy atom. The van der Waals surface area contributed by atoms with E-state index in [9.17, 15) is 9.90 Å². The number of methoxy groups -OCH3 is 1. The molecule has 1 aromatic rings. The smallest absolute Gasteiger partial charge is 0.312 e. The lowest BCUT2D eigenvalue weighted by atomic mass is 9.69. The number of carbonyl (C=O) groups is 1. The molecule has 1 aromatic carbocycles. The maximum Gasteiger partial charge on any atom is 0.312 e. The third-order valence-electron chi connectivity index (χ3n) is 4.07. The minimum Gasteiger partial charge on any atom is -0.487 e. The van der Waals surface area contributed by atoms with Gasteiger partial charge < -0.3 is 14.6 Å². The van der Waals surface area contributed by atoms with Crippen LogP contribution in [0.5, 0.6) is 5.75 Å². The zero-order chi connectivity index (χ0) is 15.8. The van der Waals surface area contributed by atoms with Crippen molar-refractivity contribution in [2.75, 3.05) is 7.11 Å². The molecule has 21 heavy (non-hydrogen) atoms. The second-order valence-corrected chi connectivity index (χ2v) is 6.70. The summed E-state index contributed by atoms with van der Waals surface area (Å²) in [7, 11) is 1.36. The summed E-state index contributed by atoms with van der Waals surface area (Å²) >= 11 is 0. The minimum atomic E-state index is -1.29. The van der Waals surface area contributed by atoms with Gasteiger partial charge in [-0.15, -0.1) is 0 Å². The molecule has 0 amide bonds. The predicted molar refractivity (Wildman–Crippen MR) is 80.0 cm³/mol. The zero-order valence-corrected chi connectivity index (χ0v) is 13.3. The van der Waals surface area contributed by atoms with Gasteiger partial charge in [-0.1, -0.05) is 32.0 Å². The number of rotatable bonds is 3. The van der Waals surface area contributed by atoms with Crippen LogP contribution in [0.15, 0.2) is 24.3 Å². The monoisotopic (exact) mass is 292 g/mol. The maximum absolute atomic E-state index is 12.3. The molecule has 0 aliphatic carbocycles. The van der Waals surface area contributed by atoms with Crippen LogP contribution in [0.4, 0.5) is 0 Å². The molecule has 1 aliphatic rings. The van der Waals surface area contributed by atoms with E-state index in [4.69, 9.17) is 9.47 Å². The normalized spacial score (nSPS) is 24.9. The lowest BCUT2D eigenvalue weighted by Crippen LogP contribution is -2.52. The average Bonchev–Trinajstić information content (AvgIpc) is 2.36. The number of fused-ring (bicyclic) bond motifs is 1. The molecular weight excluding hydrogens is 268 g/mol. The molecule has 0 bridgehead atoms. The number of aliphatic hydroxyl groups is 1. The molecule has 4 heteroatoms. The van der Waals surface area contributed by atoms with E-state index in [1.54, 1.807) is 0 Å². The van der Waals surface area contributed by atoms with E-state index in [0.29, 0.717) is 17.7 Å². The third-order valence-corrected chi connectivity index (χ3v) is 4.07. The first-order valence-electron chi connectivity index (χ1n) is 7.30. The molecule has 0 aromatic heterocycles. The van der Waals surface area contributed by atoms with Gasteiger partial charge in [0.15, 0.2) is 0 Å². The Balaban J connectivity index is 2.60. The van der Waals surface area contributed by atoms with Crippen molar-refractivity contribution >= 4 is 5.97 Å². The largest absolute Gasteiger partial charge is 0.487 e. The van der Waals surface area contributed by atoms with Gasteiger partial charge in [-0.05, 0) is 25.8 Å².